The van der Waals surface area contributed by atoms with Crippen LogP contribution in [-0.4, -0.2) is 31.4 Å². The molecule has 2 aromatic heterocycles. The first kappa shape index (κ1) is 20.6. The number of aryl methyl sites for hydroxylation is 1. The first-order valence-corrected chi connectivity index (χ1v) is 9.59. The van der Waals surface area contributed by atoms with Crippen LogP contribution in [0.2, 0.25) is 0 Å². The summed E-state index contributed by atoms with van der Waals surface area (Å²) in [5, 5.41) is 4.51. The SMILES string of the molecule is COc1cc(-c2nc(-c3cc(F)c(F)c(F)c3)n(C(C)C)n2)ccc1-n1cnc(C)c1. The number of hydrogen-bond donors (Lipinski definition) is 0. The third-order valence-electron chi connectivity index (χ3n) is 4.79. The van der Waals surface area contributed by atoms with Gasteiger partial charge < -0.3 is 9.30 Å². The molecule has 2 aromatic carbocycles. The van der Waals surface area contributed by atoms with E-state index in [1.54, 1.807) is 24.2 Å². The van der Waals surface area contributed by atoms with Crippen molar-refractivity contribution in [2.75, 3.05) is 7.11 Å². The third kappa shape index (κ3) is 3.78. The van der Waals surface area contributed by atoms with Crippen molar-refractivity contribution in [2.24, 2.45) is 0 Å². The molecule has 0 fully saturated rings. The van der Waals surface area contributed by atoms with Gasteiger partial charge in [-0.2, -0.15) is 5.10 Å². The van der Waals surface area contributed by atoms with E-state index in [2.05, 4.69) is 15.1 Å². The highest BCUT2D eigenvalue weighted by molar-refractivity contribution is 5.66. The van der Waals surface area contributed by atoms with Crippen molar-refractivity contribution in [3.63, 3.8) is 0 Å². The second-order valence-corrected chi connectivity index (χ2v) is 7.36. The molecule has 2 heterocycles. The van der Waals surface area contributed by atoms with Gasteiger partial charge in [-0.3, -0.25) is 0 Å². The van der Waals surface area contributed by atoms with Gasteiger partial charge in [-0.05, 0) is 51.1 Å². The average molecular weight is 427 g/mol. The Morgan fingerprint density at radius 2 is 1.71 bits per heavy atom. The topological polar surface area (TPSA) is 57.8 Å². The predicted octanol–water partition coefficient (Wildman–Crippen LogP) is 5.11. The fourth-order valence-electron chi connectivity index (χ4n) is 3.27. The molecule has 0 radical (unpaired) electrons. The van der Waals surface area contributed by atoms with Crippen LogP contribution in [0.1, 0.15) is 25.6 Å². The molecular formula is C22H20F3N5O. The summed E-state index contributed by atoms with van der Waals surface area (Å²) in [5.41, 5.74) is 2.41. The second-order valence-electron chi connectivity index (χ2n) is 7.36. The smallest absolute Gasteiger partial charge is 0.194 e. The lowest BCUT2D eigenvalue weighted by Gasteiger charge is -2.10. The van der Waals surface area contributed by atoms with Gasteiger partial charge in [-0.25, -0.2) is 27.8 Å². The molecule has 0 atom stereocenters. The minimum absolute atomic E-state index is 0.0984. The van der Waals surface area contributed by atoms with Crippen LogP contribution in [0.5, 0.6) is 5.75 Å². The number of ether oxygens (including phenoxy) is 1. The van der Waals surface area contributed by atoms with Crippen LogP contribution in [0.3, 0.4) is 0 Å². The standard InChI is InChI=1S/C22H20F3N5O/c1-12(2)30-22(15-7-16(23)20(25)17(24)8-15)27-21(28-30)14-5-6-18(19(9-14)31-4)29-10-13(3)26-11-29/h5-12H,1-4H3. The molecule has 0 aliphatic carbocycles. The van der Waals surface area contributed by atoms with Crippen molar-refractivity contribution < 1.29 is 17.9 Å². The van der Waals surface area contributed by atoms with E-state index in [0.717, 1.165) is 23.5 Å². The van der Waals surface area contributed by atoms with Crippen molar-refractivity contribution in [3.05, 3.63) is 66.0 Å². The van der Waals surface area contributed by atoms with E-state index in [-0.39, 0.29) is 17.4 Å². The summed E-state index contributed by atoms with van der Waals surface area (Å²) < 4.78 is 49.9. The maximum Gasteiger partial charge on any atom is 0.194 e. The summed E-state index contributed by atoms with van der Waals surface area (Å²) in [4.78, 5) is 8.72. The number of aromatic nitrogens is 5. The molecule has 0 amide bonds. The Balaban J connectivity index is 1.81. The zero-order chi connectivity index (χ0) is 22.3. The summed E-state index contributed by atoms with van der Waals surface area (Å²) in [6.07, 6.45) is 3.56. The molecule has 0 spiro atoms. The number of halogens is 3. The Morgan fingerprint density at radius 1 is 1.00 bits per heavy atom. The van der Waals surface area contributed by atoms with Crippen molar-refractivity contribution in [1.29, 1.82) is 0 Å². The first-order chi connectivity index (χ1) is 14.8. The lowest BCUT2D eigenvalue weighted by atomic mass is 10.1. The molecule has 0 bridgehead atoms. The second kappa shape index (κ2) is 7.90. The van der Waals surface area contributed by atoms with E-state index in [4.69, 9.17) is 4.74 Å². The Kier molecular flexibility index (Phi) is 5.26. The lowest BCUT2D eigenvalue weighted by molar-refractivity contribution is 0.413. The highest BCUT2D eigenvalue weighted by Gasteiger charge is 2.20. The van der Waals surface area contributed by atoms with Gasteiger partial charge >= 0.3 is 0 Å². The van der Waals surface area contributed by atoms with Gasteiger partial charge in [0, 0.05) is 23.4 Å². The minimum atomic E-state index is -1.52. The van der Waals surface area contributed by atoms with Crippen molar-refractivity contribution in [1.82, 2.24) is 24.3 Å². The molecule has 31 heavy (non-hydrogen) atoms. The molecule has 0 N–H and O–H groups in total. The molecule has 160 valence electrons. The Labute approximate surface area is 177 Å². The zero-order valence-corrected chi connectivity index (χ0v) is 17.4. The van der Waals surface area contributed by atoms with Crippen LogP contribution < -0.4 is 4.74 Å². The van der Waals surface area contributed by atoms with Crippen molar-refractivity contribution >= 4 is 0 Å². The van der Waals surface area contributed by atoms with E-state index >= 15 is 0 Å². The molecule has 0 aliphatic heterocycles. The average Bonchev–Trinajstić information content (AvgIpc) is 3.38. The molecule has 0 aliphatic rings. The maximum atomic E-state index is 13.8. The monoisotopic (exact) mass is 427 g/mol. The number of rotatable bonds is 5. The third-order valence-corrected chi connectivity index (χ3v) is 4.79. The number of nitrogens with zero attached hydrogens (tertiary/aromatic N) is 5. The van der Waals surface area contributed by atoms with Gasteiger partial charge in [0.2, 0.25) is 0 Å². The first-order valence-electron chi connectivity index (χ1n) is 9.59. The van der Waals surface area contributed by atoms with Crippen LogP contribution in [0, 0.1) is 24.4 Å². The number of hydrogen-bond acceptors (Lipinski definition) is 4. The van der Waals surface area contributed by atoms with E-state index < -0.39 is 17.5 Å². The van der Waals surface area contributed by atoms with E-state index in [1.807, 2.05) is 43.7 Å². The van der Waals surface area contributed by atoms with E-state index in [9.17, 15) is 13.2 Å². The van der Waals surface area contributed by atoms with E-state index in [1.165, 1.54) is 0 Å². The number of methoxy groups -OCH3 is 1. The summed E-state index contributed by atoms with van der Waals surface area (Å²) in [7, 11) is 1.56. The molecule has 0 saturated carbocycles. The molecule has 4 aromatic rings. The largest absolute Gasteiger partial charge is 0.495 e. The summed E-state index contributed by atoms with van der Waals surface area (Å²) >= 11 is 0. The Morgan fingerprint density at radius 3 is 2.29 bits per heavy atom. The fraction of sp³-hybridized carbons (Fsp3) is 0.227. The van der Waals surface area contributed by atoms with Crippen LogP contribution in [0.4, 0.5) is 13.2 Å². The quantitative estimate of drug-likeness (QED) is 0.415. The minimum Gasteiger partial charge on any atom is -0.495 e. The van der Waals surface area contributed by atoms with Gasteiger partial charge in [0.25, 0.3) is 0 Å². The lowest BCUT2D eigenvalue weighted by Crippen LogP contribution is -2.06. The van der Waals surface area contributed by atoms with Crippen LogP contribution in [0.15, 0.2) is 42.9 Å². The number of imidazole rings is 1. The highest BCUT2D eigenvalue weighted by atomic mass is 19.2. The number of benzene rings is 2. The maximum absolute atomic E-state index is 13.8. The van der Waals surface area contributed by atoms with Gasteiger partial charge in [0.05, 0.1) is 24.8 Å². The predicted molar refractivity (Wildman–Crippen MR) is 110 cm³/mol. The molecule has 4 rings (SSSR count). The van der Waals surface area contributed by atoms with Crippen molar-refractivity contribution in [2.45, 2.75) is 26.8 Å². The van der Waals surface area contributed by atoms with Gasteiger partial charge in [-0.15, -0.1) is 0 Å². The Bertz CT molecular complexity index is 1240. The normalized spacial score (nSPS) is 11.4. The summed E-state index contributed by atoms with van der Waals surface area (Å²) in [6, 6.07) is 7.12. The zero-order valence-electron chi connectivity index (χ0n) is 17.4. The Hall–Kier alpha value is -3.62. The van der Waals surface area contributed by atoms with Gasteiger partial charge in [0.1, 0.15) is 5.75 Å². The van der Waals surface area contributed by atoms with Crippen LogP contribution in [0.25, 0.3) is 28.5 Å². The molecule has 6 nitrogen and oxygen atoms in total. The molecule has 0 unspecified atom stereocenters. The van der Waals surface area contributed by atoms with E-state index in [0.29, 0.717) is 17.1 Å². The van der Waals surface area contributed by atoms with Gasteiger partial charge in [-0.1, -0.05) is 0 Å². The van der Waals surface area contributed by atoms with Crippen molar-refractivity contribution in [3.8, 4) is 34.2 Å². The fourth-order valence-corrected chi connectivity index (χ4v) is 3.27. The summed E-state index contributed by atoms with van der Waals surface area (Å²) in [6.45, 7) is 5.62. The van der Waals surface area contributed by atoms with Gasteiger partial charge in [0.15, 0.2) is 29.1 Å². The molecular weight excluding hydrogens is 407 g/mol. The van der Waals surface area contributed by atoms with Crippen LogP contribution in [-0.2, 0) is 0 Å². The molecule has 9 heteroatoms. The van der Waals surface area contributed by atoms with Crippen LogP contribution >= 0.6 is 0 Å². The summed E-state index contributed by atoms with van der Waals surface area (Å²) in [5.74, 6) is -2.92. The highest BCUT2D eigenvalue weighted by Crippen LogP contribution is 2.31. The molecule has 0 saturated heterocycles.